The van der Waals surface area contributed by atoms with Crippen molar-refractivity contribution in [2.24, 2.45) is 5.92 Å². The summed E-state index contributed by atoms with van der Waals surface area (Å²) in [5.74, 6) is 1.23. The molecule has 1 aromatic heterocycles. The molecule has 3 nitrogen and oxygen atoms in total. The molecule has 1 aromatic carbocycles. The van der Waals surface area contributed by atoms with Crippen LogP contribution in [0.5, 0.6) is 0 Å². The minimum atomic E-state index is 0.325. The van der Waals surface area contributed by atoms with Gasteiger partial charge in [-0.2, -0.15) is 0 Å². The molecule has 1 atom stereocenters. The van der Waals surface area contributed by atoms with Gasteiger partial charge in [0, 0.05) is 5.92 Å². The predicted molar refractivity (Wildman–Crippen MR) is 69.6 cm³/mol. The number of aromatic nitrogens is 1. The van der Waals surface area contributed by atoms with E-state index in [0.29, 0.717) is 17.7 Å². The summed E-state index contributed by atoms with van der Waals surface area (Å²) in [6.45, 7) is 6.49. The van der Waals surface area contributed by atoms with E-state index in [1.54, 1.807) is 0 Å². The van der Waals surface area contributed by atoms with Crippen LogP contribution in [0.4, 0.5) is 5.88 Å². The average Bonchev–Trinajstić information content (AvgIpc) is 2.71. The van der Waals surface area contributed by atoms with Crippen molar-refractivity contribution in [1.29, 1.82) is 0 Å². The lowest BCUT2D eigenvalue weighted by Gasteiger charge is -2.14. The Morgan fingerprint density at radius 3 is 2.35 bits per heavy atom. The number of nitrogens with two attached hydrogens (primary N) is 1. The first-order valence-corrected chi connectivity index (χ1v) is 5.91. The number of hydrogen-bond donors (Lipinski definition) is 1. The second-order valence-corrected chi connectivity index (χ2v) is 4.71. The number of anilines is 1. The summed E-state index contributed by atoms with van der Waals surface area (Å²) in [6.07, 6.45) is 0. The summed E-state index contributed by atoms with van der Waals surface area (Å²) >= 11 is 0. The van der Waals surface area contributed by atoms with Gasteiger partial charge in [0.25, 0.3) is 0 Å². The molecule has 0 bridgehead atoms. The monoisotopic (exact) mass is 230 g/mol. The molecular formula is C14H18N2O. The average molecular weight is 230 g/mol. The molecule has 0 aliphatic carbocycles. The van der Waals surface area contributed by atoms with Crippen molar-refractivity contribution in [2.45, 2.75) is 26.7 Å². The van der Waals surface area contributed by atoms with E-state index in [2.05, 4.69) is 25.9 Å². The Morgan fingerprint density at radius 1 is 1.12 bits per heavy atom. The molecule has 0 saturated carbocycles. The number of nitrogens with zero attached hydrogens (tertiary/aromatic N) is 1. The van der Waals surface area contributed by atoms with Gasteiger partial charge in [0.1, 0.15) is 0 Å². The van der Waals surface area contributed by atoms with Crippen LogP contribution in [0.2, 0.25) is 0 Å². The molecule has 0 saturated heterocycles. The van der Waals surface area contributed by atoms with E-state index in [9.17, 15) is 0 Å². The Bertz CT molecular complexity index is 488. The lowest BCUT2D eigenvalue weighted by molar-refractivity contribution is 0.407. The Kier molecular flexibility index (Phi) is 3.18. The van der Waals surface area contributed by atoms with E-state index in [0.717, 1.165) is 16.8 Å². The third kappa shape index (κ3) is 2.18. The molecule has 2 aromatic rings. The van der Waals surface area contributed by atoms with E-state index in [1.165, 1.54) is 0 Å². The molecule has 90 valence electrons. The summed E-state index contributed by atoms with van der Waals surface area (Å²) < 4.78 is 5.15. The molecule has 1 heterocycles. The summed E-state index contributed by atoms with van der Waals surface area (Å²) in [4.78, 5) is 0. The Morgan fingerprint density at radius 2 is 1.76 bits per heavy atom. The molecule has 2 rings (SSSR count). The molecule has 0 spiro atoms. The van der Waals surface area contributed by atoms with Crippen LogP contribution in [-0.2, 0) is 0 Å². The van der Waals surface area contributed by atoms with E-state index in [1.807, 2.05) is 30.3 Å². The standard InChI is InChI=1S/C14H18N2O/c1-9(2)10(3)13-12(14(15)17-16-13)11-7-5-4-6-8-11/h4-10H,15H2,1-3H3. The zero-order chi connectivity index (χ0) is 12.4. The number of benzene rings is 1. The number of nitrogen functional groups attached to an aromatic ring is 1. The van der Waals surface area contributed by atoms with Gasteiger partial charge in [-0.1, -0.05) is 56.3 Å². The van der Waals surface area contributed by atoms with Gasteiger partial charge in [-0.25, -0.2) is 0 Å². The minimum Gasteiger partial charge on any atom is -0.367 e. The van der Waals surface area contributed by atoms with Gasteiger partial charge in [-0.15, -0.1) is 0 Å². The Labute approximate surface area is 102 Å². The maximum absolute atomic E-state index is 5.88. The van der Waals surface area contributed by atoms with Crippen LogP contribution in [0.1, 0.15) is 32.4 Å². The molecule has 2 N–H and O–H groups in total. The van der Waals surface area contributed by atoms with Crippen molar-refractivity contribution in [3.63, 3.8) is 0 Å². The van der Waals surface area contributed by atoms with Crippen molar-refractivity contribution in [3.8, 4) is 11.1 Å². The fourth-order valence-corrected chi connectivity index (χ4v) is 1.84. The van der Waals surface area contributed by atoms with Gasteiger partial charge in [0.05, 0.1) is 11.3 Å². The highest BCUT2D eigenvalue weighted by Crippen LogP contribution is 2.36. The summed E-state index contributed by atoms with van der Waals surface area (Å²) in [5.41, 5.74) is 8.83. The topological polar surface area (TPSA) is 52.0 Å². The summed E-state index contributed by atoms with van der Waals surface area (Å²) in [7, 11) is 0. The first-order chi connectivity index (χ1) is 8.11. The molecule has 0 fully saturated rings. The van der Waals surface area contributed by atoms with E-state index in [-0.39, 0.29) is 0 Å². The molecule has 3 heteroatoms. The lowest BCUT2D eigenvalue weighted by Crippen LogP contribution is -2.04. The fraction of sp³-hybridized carbons (Fsp3) is 0.357. The molecule has 0 aliphatic rings. The van der Waals surface area contributed by atoms with Crippen molar-refractivity contribution in [1.82, 2.24) is 5.16 Å². The maximum Gasteiger partial charge on any atom is 0.230 e. The first-order valence-electron chi connectivity index (χ1n) is 5.91. The lowest BCUT2D eigenvalue weighted by atomic mass is 9.90. The summed E-state index contributed by atoms with van der Waals surface area (Å²) in [6, 6.07) is 10.0. The second-order valence-electron chi connectivity index (χ2n) is 4.71. The van der Waals surface area contributed by atoms with E-state index < -0.39 is 0 Å². The van der Waals surface area contributed by atoms with Crippen LogP contribution in [-0.4, -0.2) is 5.16 Å². The SMILES string of the molecule is CC(C)C(C)c1noc(N)c1-c1ccccc1. The van der Waals surface area contributed by atoms with Gasteiger partial charge in [-0.3, -0.25) is 0 Å². The molecular weight excluding hydrogens is 212 g/mol. The normalized spacial score (nSPS) is 12.9. The van der Waals surface area contributed by atoms with Crippen LogP contribution in [0.15, 0.2) is 34.9 Å². The van der Waals surface area contributed by atoms with Gasteiger partial charge < -0.3 is 10.3 Å². The number of rotatable bonds is 3. The van der Waals surface area contributed by atoms with Crippen LogP contribution >= 0.6 is 0 Å². The third-order valence-corrected chi connectivity index (χ3v) is 3.24. The zero-order valence-corrected chi connectivity index (χ0v) is 10.5. The smallest absolute Gasteiger partial charge is 0.230 e. The predicted octanol–water partition coefficient (Wildman–Crippen LogP) is 3.68. The van der Waals surface area contributed by atoms with Crippen LogP contribution in [0.3, 0.4) is 0 Å². The molecule has 0 radical (unpaired) electrons. The first kappa shape index (κ1) is 11.7. The van der Waals surface area contributed by atoms with Gasteiger partial charge >= 0.3 is 0 Å². The molecule has 1 unspecified atom stereocenters. The van der Waals surface area contributed by atoms with Crippen molar-refractivity contribution in [2.75, 3.05) is 5.73 Å². The largest absolute Gasteiger partial charge is 0.367 e. The van der Waals surface area contributed by atoms with E-state index >= 15 is 0 Å². The second kappa shape index (κ2) is 4.62. The fourth-order valence-electron chi connectivity index (χ4n) is 1.84. The zero-order valence-electron chi connectivity index (χ0n) is 10.5. The number of hydrogen-bond acceptors (Lipinski definition) is 3. The van der Waals surface area contributed by atoms with Crippen molar-refractivity contribution < 1.29 is 4.52 Å². The van der Waals surface area contributed by atoms with Gasteiger partial charge in [0.15, 0.2) is 0 Å². The Hall–Kier alpha value is -1.77. The molecule has 17 heavy (non-hydrogen) atoms. The van der Waals surface area contributed by atoms with Crippen LogP contribution in [0, 0.1) is 5.92 Å². The van der Waals surface area contributed by atoms with Crippen molar-refractivity contribution >= 4 is 5.88 Å². The highest BCUT2D eigenvalue weighted by Gasteiger charge is 2.22. The van der Waals surface area contributed by atoms with Gasteiger partial charge in [0.2, 0.25) is 5.88 Å². The minimum absolute atomic E-state index is 0.325. The molecule has 0 amide bonds. The third-order valence-electron chi connectivity index (χ3n) is 3.24. The Balaban J connectivity index is 2.51. The molecule has 0 aliphatic heterocycles. The highest BCUT2D eigenvalue weighted by atomic mass is 16.5. The quantitative estimate of drug-likeness (QED) is 0.875. The van der Waals surface area contributed by atoms with Gasteiger partial charge in [-0.05, 0) is 11.5 Å². The highest BCUT2D eigenvalue weighted by molar-refractivity contribution is 5.75. The van der Waals surface area contributed by atoms with E-state index in [4.69, 9.17) is 10.3 Å². The maximum atomic E-state index is 5.88. The van der Waals surface area contributed by atoms with Crippen LogP contribution in [0.25, 0.3) is 11.1 Å². The van der Waals surface area contributed by atoms with Crippen LogP contribution < -0.4 is 5.73 Å². The van der Waals surface area contributed by atoms with Crippen molar-refractivity contribution in [3.05, 3.63) is 36.0 Å². The summed E-state index contributed by atoms with van der Waals surface area (Å²) in [5, 5.41) is 4.11.